The van der Waals surface area contributed by atoms with Crippen LogP contribution in [0.5, 0.6) is 23.0 Å². The van der Waals surface area contributed by atoms with Crippen LogP contribution in [0.25, 0.3) is 0 Å². The number of amides is 1. The van der Waals surface area contributed by atoms with Gasteiger partial charge in [-0.2, -0.15) is 0 Å². The van der Waals surface area contributed by atoms with Gasteiger partial charge in [0, 0.05) is 30.2 Å². The van der Waals surface area contributed by atoms with Crippen LogP contribution in [0.4, 0.5) is 0 Å². The number of rotatable bonds is 8. The van der Waals surface area contributed by atoms with Crippen molar-refractivity contribution in [2.45, 2.75) is 25.9 Å². The number of ether oxygens (including phenoxy) is 4. The average Bonchev–Trinajstić information content (AvgIpc) is 2.67. The Balaban J connectivity index is 1.55. The number of hydrogen-bond donors (Lipinski definition) is 0. The molecule has 0 N–H and O–H groups in total. The molecule has 1 amide bonds. The van der Waals surface area contributed by atoms with E-state index in [1.54, 1.807) is 51.4 Å². The zero-order valence-electron chi connectivity index (χ0n) is 17.0. The topological polar surface area (TPSA) is 87.4 Å². The van der Waals surface area contributed by atoms with Gasteiger partial charge >= 0.3 is 5.63 Å². The van der Waals surface area contributed by atoms with Crippen LogP contribution in [0.3, 0.4) is 0 Å². The molecular formula is C21H25NO7. The van der Waals surface area contributed by atoms with E-state index >= 15 is 0 Å². The van der Waals surface area contributed by atoms with Gasteiger partial charge in [-0.05, 0) is 13.3 Å². The second-order valence-electron chi connectivity index (χ2n) is 6.77. The van der Waals surface area contributed by atoms with Crippen molar-refractivity contribution in [3.05, 3.63) is 46.0 Å². The van der Waals surface area contributed by atoms with Gasteiger partial charge in [0.25, 0.3) is 0 Å². The molecule has 156 valence electrons. The standard InChI is InChI=1S/C21H25NO7/c1-13-7-15(10-21(24)28-13)29-16-11-22(12-16)20(23)6-5-17-18(26-3)8-14(25-2)9-19(17)27-4/h7-10,16H,5-6,11-12H2,1-4H3. The molecule has 0 bridgehead atoms. The summed E-state index contributed by atoms with van der Waals surface area (Å²) in [6.07, 6.45) is 0.667. The quantitative estimate of drug-likeness (QED) is 0.668. The highest BCUT2D eigenvalue weighted by atomic mass is 16.5. The molecule has 0 radical (unpaired) electrons. The lowest BCUT2D eigenvalue weighted by Crippen LogP contribution is -2.56. The molecule has 0 aliphatic carbocycles. The third-order valence-electron chi connectivity index (χ3n) is 4.78. The van der Waals surface area contributed by atoms with E-state index in [0.29, 0.717) is 54.7 Å². The van der Waals surface area contributed by atoms with Crippen molar-refractivity contribution in [1.29, 1.82) is 0 Å². The Morgan fingerprint density at radius 3 is 2.24 bits per heavy atom. The van der Waals surface area contributed by atoms with E-state index in [1.807, 2.05) is 0 Å². The summed E-state index contributed by atoms with van der Waals surface area (Å²) >= 11 is 0. The third kappa shape index (κ3) is 4.82. The summed E-state index contributed by atoms with van der Waals surface area (Å²) in [5.41, 5.74) is 0.374. The van der Waals surface area contributed by atoms with Gasteiger partial charge in [-0.25, -0.2) is 4.79 Å². The molecular weight excluding hydrogens is 378 g/mol. The smallest absolute Gasteiger partial charge is 0.339 e. The fraction of sp³-hybridized carbons (Fsp3) is 0.429. The zero-order valence-corrected chi connectivity index (χ0v) is 17.0. The Kier molecular flexibility index (Phi) is 6.31. The number of benzene rings is 1. The van der Waals surface area contributed by atoms with Crippen molar-refractivity contribution in [2.75, 3.05) is 34.4 Å². The molecule has 8 nitrogen and oxygen atoms in total. The molecule has 0 atom stereocenters. The van der Waals surface area contributed by atoms with Gasteiger partial charge in [-0.1, -0.05) is 0 Å². The van der Waals surface area contributed by atoms with Crippen LogP contribution in [0.2, 0.25) is 0 Å². The minimum atomic E-state index is -0.449. The molecule has 1 aromatic carbocycles. The molecule has 8 heteroatoms. The van der Waals surface area contributed by atoms with Crippen molar-refractivity contribution in [3.8, 4) is 23.0 Å². The Morgan fingerprint density at radius 1 is 1.03 bits per heavy atom. The SMILES string of the molecule is COc1cc(OC)c(CCC(=O)N2CC(Oc3cc(C)oc(=O)c3)C2)c(OC)c1. The maximum atomic E-state index is 12.5. The number of aryl methyl sites for hydroxylation is 1. The number of hydrogen-bond acceptors (Lipinski definition) is 7. The minimum Gasteiger partial charge on any atom is -0.496 e. The van der Waals surface area contributed by atoms with E-state index in [2.05, 4.69) is 0 Å². The van der Waals surface area contributed by atoms with Gasteiger partial charge in [-0.15, -0.1) is 0 Å². The molecule has 1 aliphatic rings. The molecule has 1 saturated heterocycles. The predicted octanol–water partition coefficient (Wildman–Crippen LogP) is 2.20. The van der Waals surface area contributed by atoms with E-state index in [-0.39, 0.29) is 12.0 Å². The van der Waals surface area contributed by atoms with Crippen LogP contribution in [0.15, 0.2) is 33.5 Å². The predicted molar refractivity (Wildman–Crippen MR) is 105 cm³/mol. The van der Waals surface area contributed by atoms with Crippen LogP contribution in [-0.2, 0) is 11.2 Å². The average molecular weight is 403 g/mol. The molecule has 29 heavy (non-hydrogen) atoms. The number of nitrogens with zero attached hydrogens (tertiary/aromatic N) is 1. The monoisotopic (exact) mass is 403 g/mol. The fourth-order valence-corrected chi connectivity index (χ4v) is 3.27. The summed E-state index contributed by atoms with van der Waals surface area (Å²) < 4.78 is 26.8. The first-order valence-electron chi connectivity index (χ1n) is 9.28. The third-order valence-corrected chi connectivity index (χ3v) is 4.78. The Morgan fingerprint density at radius 2 is 1.69 bits per heavy atom. The van der Waals surface area contributed by atoms with Crippen molar-refractivity contribution in [3.63, 3.8) is 0 Å². The first kappa shape index (κ1) is 20.6. The van der Waals surface area contributed by atoms with Gasteiger partial charge in [0.1, 0.15) is 34.9 Å². The van der Waals surface area contributed by atoms with Crippen molar-refractivity contribution < 1.29 is 28.2 Å². The van der Waals surface area contributed by atoms with Crippen LogP contribution in [0.1, 0.15) is 17.7 Å². The summed E-state index contributed by atoms with van der Waals surface area (Å²) in [6, 6.07) is 6.51. The lowest BCUT2D eigenvalue weighted by Gasteiger charge is -2.39. The molecule has 3 rings (SSSR count). The number of carbonyl (C=O) groups excluding carboxylic acids is 1. The maximum Gasteiger partial charge on any atom is 0.339 e. The van der Waals surface area contributed by atoms with Crippen molar-refractivity contribution >= 4 is 5.91 Å². The van der Waals surface area contributed by atoms with Gasteiger partial charge < -0.3 is 28.3 Å². The highest BCUT2D eigenvalue weighted by Crippen LogP contribution is 2.35. The Bertz CT molecular complexity index is 906. The largest absolute Gasteiger partial charge is 0.496 e. The molecule has 2 aromatic rings. The summed E-state index contributed by atoms with van der Waals surface area (Å²) in [5.74, 6) is 2.84. The van der Waals surface area contributed by atoms with Crippen LogP contribution < -0.4 is 24.6 Å². The molecule has 0 spiro atoms. The summed E-state index contributed by atoms with van der Waals surface area (Å²) in [6.45, 7) is 2.65. The van der Waals surface area contributed by atoms with Crippen LogP contribution in [0, 0.1) is 6.92 Å². The van der Waals surface area contributed by atoms with Crippen molar-refractivity contribution in [2.24, 2.45) is 0 Å². The van der Waals surface area contributed by atoms with Gasteiger partial charge in [-0.3, -0.25) is 4.79 Å². The van der Waals surface area contributed by atoms with E-state index in [9.17, 15) is 9.59 Å². The highest BCUT2D eigenvalue weighted by molar-refractivity contribution is 5.77. The van der Waals surface area contributed by atoms with E-state index in [1.165, 1.54) is 6.07 Å². The summed E-state index contributed by atoms with van der Waals surface area (Å²) in [7, 11) is 4.72. The van der Waals surface area contributed by atoms with E-state index in [4.69, 9.17) is 23.4 Å². The maximum absolute atomic E-state index is 12.5. The summed E-state index contributed by atoms with van der Waals surface area (Å²) in [4.78, 5) is 25.7. The van der Waals surface area contributed by atoms with E-state index < -0.39 is 5.63 Å². The molecule has 1 aromatic heterocycles. The first-order valence-corrected chi connectivity index (χ1v) is 9.28. The molecule has 1 fully saturated rings. The second kappa shape index (κ2) is 8.89. The second-order valence-corrected chi connectivity index (χ2v) is 6.77. The number of methoxy groups -OCH3 is 3. The highest BCUT2D eigenvalue weighted by Gasteiger charge is 2.32. The van der Waals surface area contributed by atoms with Crippen LogP contribution >= 0.6 is 0 Å². The summed E-state index contributed by atoms with van der Waals surface area (Å²) in [5, 5.41) is 0. The molecule has 0 unspecified atom stereocenters. The first-order chi connectivity index (χ1) is 13.9. The lowest BCUT2D eigenvalue weighted by molar-refractivity contribution is -0.139. The zero-order chi connectivity index (χ0) is 21.0. The minimum absolute atomic E-state index is 0.0218. The van der Waals surface area contributed by atoms with Crippen molar-refractivity contribution in [1.82, 2.24) is 4.90 Å². The van der Waals surface area contributed by atoms with E-state index in [0.717, 1.165) is 5.56 Å². The lowest BCUT2D eigenvalue weighted by atomic mass is 10.0. The van der Waals surface area contributed by atoms with Gasteiger partial charge in [0.05, 0.1) is 40.5 Å². The molecule has 2 heterocycles. The fourth-order valence-electron chi connectivity index (χ4n) is 3.27. The Hall–Kier alpha value is -3.16. The number of likely N-dealkylation sites (tertiary alicyclic amines) is 1. The number of carbonyl (C=O) groups is 1. The van der Waals surface area contributed by atoms with Crippen LogP contribution in [-0.4, -0.2) is 51.3 Å². The van der Waals surface area contributed by atoms with Gasteiger partial charge in [0.2, 0.25) is 5.91 Å². The molecule has 1 aliphatic heterocycles. The Labute approximate surface area is 168 Å². The normalized spacial score (nSPS) is 13.6. The molecule has 0 saturated carbocycles. The van der Waals surface area contributed by atoms with Gasteiger partial charge in [0.15, 0.2) is 0 Å².